The van der Waals surface area contributed by atoms with Crippen LogP contribution in [0.5, 0.6) is 0 Å². The molecule has 1 amide bonds. The summed E-state index contributed by atoms with van der Waals surface area (Å²) in [6.45, 7) is 2.80. The molecule has 4 heteroatoms. The number of piperidine rings is 1. The summed E-state index contributed by atoms with van der Waals surface area (Å²) < 4.78 is 0. The molecule has 1 aromatic rings. The number of rotatable bonds is 4. The normalized spacial score (nSPS) is 16.2. The first-order chi connectivity index (χ1) is 9.61. The van der Waals surface area contributed by atoms with Gasteiger partial charge in [-0.2, -0.15) is 0 Å². The lowest BCUT2D eigenvalue weighted by atomic mass is 9.96. The number of nitrogens with zero attached hydrogens (tertiary/aromatic N) is 2. The molecule has 1 N–H and O–H groups in total. The van der Waals surface area contributed by atoms with Gasteiger partial charge in [0.1, 0.15) is 0 Å². The van der Waals surface area contributed by atoms with Gasteiger partial charge in [0.25, 0.3) is 5.91 Å². The molecule has 1 aromatic carbocycles. The minimum absolute atomic E-state index is 0.164. The summed E-state index contributed by atoms with van der Waals surface area (Å²) in [5, 5.41) is 3.22. The Kier molecular flexibility index (Phi) is 5.01. The number of likely N-dealkylation sites (tertiary alicyclic amines) is 1. The number of anilines is 1. The molecule has 0 aromatic heterocycles. The molecule has 0 saturated carbocycles. The van der Waals surface area contributed by atoms with Crippen LogP contribution in [0.1, 0.15) is 23.2 Å². The van der Waals surface area contributed by atoms with Crippen molar-refractivity contribution < 1.29 is 4.79 Å². The first kappa shape index (κ1) is 14.9. The number of hydrogen-bond acceptors (Lipinski definition) is 3. The molecule has 1 aliphatic rings. The predicted octanol–water partition coefficient (Wildman–Crippen LogP) is 1.82. The van der Waals surface area contributed by atoms with Crippen molar-refractivity contribution in [2.75, 3.05) is 45.7 Å². The van der Waals surface area contributed by atoms with Crippen LogP contribution in [-0.4, -0.2) is 51.6 Å². The second-order valence-electron chi connectivity index (χ2n) is 5.74. The third kappa shape index (κ3) is 3.51. The van der Waals surface area contributed by atoms with Gasteiger partial charge in [-0.25, -0.2) is 0 Å². The van der Waals surface area contributed by atoms with Crippen molar-refractivity contribution in [2.45, 2.75) is 12.8 Å². The Morgan fingerprint density at radius 3 is 2.65 bits per heavy atom. The Labute approximate surface area is 121 Å². The summed E-state index contributed by atoms with van der Waals surface area (Å²) in [5.41, 5.74) is 1.86. The molecule has 0 aliphatic carbocycles. The van der Waals surface area contributed by atoms with E-state index in [-0.39, 0.29) is 5.91 Å². The molecule has 0 bridgehead atoms. The molecule has 0 spiro atoms. The second kappa shape index (κ2) is 6.75. The fourth-order valence-electron chi connectivity index (χ4n) is 2.73. The highest BCUT2D eigenvalue weighted by Gasteiger charge is 2.23. The predicted molar refractivity (Wildman–Crippen MR) is 83.3 cm³/mol. The van der Waals surface area contributed by atoms with E-state index in [1.807, 2.05) is 55.2 Å². The number of carbonyl (C=O) groups excluding carboxylic acids is 1. The van der Waals surface area contributed by atoms with E-state index in [9.17, 15) is 4.79 Å². The van der Waals surface area contributed by atoms with E-state index in [4.69, 9.17) is 0 Å². The van der Waals surface area contributed by atoms with Crippen molar-refractivity contribution in [1.29, 1.82) is 0 Å². The SMILES string of the molecule is CNCC1CCN(C(=O)c2cccc(N(C)C)c2)CC1. The Bertz CT molecular complexity index is 451. The molecule has 0 unspecified atom stereocenters. The Morgan fingerprint density at radius 1 is 1.35 bits per heavy atom. The van der Waals surface area contributed by atoms with E-state index in [1.54, 1.807) is 0 Å². The molecule has 1 fully saturated rings. The lowest BCUT2D eigenvalue weighted by molar-refractivity contribution is 0.0691. The lowest BCUT2D eigenvalue weighted by Crippen LogP contribution is -2.40. The number of carbonyl (C=O) groups is 1. The van der Waals surface area contributed by atoms with Gasteiger partial charge in [0.15, 0.2) is 0 Å². The highest BCUT2D eigenvalue weighted by molar-refractivity contribution is 5.95. The molecule has 2 rings (SSSR count). The minimum atomic E-state index is 0.164. The standard InChI is InChI=1S/C16H25N3O/c1-17-12-13-7-9-19(10-8-13)16(20)14-5-4-6-15(11-14)18(2)3/h4-6,11,13,17H,7-10,12H2,1-3H3. The van der Waals surface area contributed by atoms with Gasteiger partial charge in [0, 0.05) is 38.4 Å². The zero-order chi connectivity index (χ0) is 14.5. The molecule has 110 valence electrons. The molecule has 0 radical (unpaired) electrons. The van der Waals surface area contributed by atoms with Crippen molar-refractivity contribution >= 4 is 11.6 Å². The number of hydrogen-bond donors (Lipinski definition) is 1. The molecular formula is C16H25N3O. The number of amides is 1. The van der Waals surface area contributed by atoms with Crippen molar-refractivity contribution in [3.63, 3.8) is 0 Å². The maximum atomic E-state index is 12.5. The molecule has 20 heavy (non-hydrogen) atoms. The van der Waals surface area contributed by atoms with Crippen LogP contribution in [0.25, 0.3) is 0 Å². The van der Waals surface area contributed by atoms with Crippen LogP contribution < -0.4 is 10.2 Å². The monoisotopic (exact) mass is 275 g/mol. The second-order valence-corrected chi connectivity index (χ2v) is 5.74. The zero-order valence-corrected chi connectivity index (χ0v) is 12.7. The largest absolute Gasteiger partial charge is 0.378 e. The fraction of sp³-hybridized carbons (Fsp3) is 0.562. The van der Waals surface area contributed by atoms with Crippen LogP contribution in [0.15, 0.2) is 24.3 Å². The fourth-order valence-corrected chi connectivity index (χ4v) is 2.73. The highest BCUT2D eigenvalue weighted by atomic mass is 16.2. The van der Waals surface area contributed by atoms with E-state index in [1.165, 1.54) is 0 Å². The molecule has 1 aliphatic heterocycles. The van der Waals surface area contributed by atoms with Gasteiger partial charge in [-0.05, 0) is 50.6 Å². The lowest BCUT2D eigenvalue weighted by Gasteiger charge is -2.32. The number of nitrogens with one attached hydrogen (secondary N) is 1. The van der Waals surface area contributed by atoms with Gasteiger partial charge >= 0.3 is 0 Å². The minimum Gasteiger partial charge on any atom is -0.378 e. The average molecular weight is 275 g/mol. The Morgan fingerprint density at radius 2 is 2.05 bits per heavy atom. The summed E-state index contributed by atoms with van der Waals surface area (Å²) in [6, 6.07) is 7.86. The van der Waals surface area contributed by atoms with Gasteiger partial charge in [-0.3, -0.25) is 4.79 Å². The van der Waals surface area contributed by atoms with Crippen molar-refractivity contribution in [1.82, 2.24) is 10.2 Å². The van der Waals surface area contributed by atoms with Crippen LogP contribution in [0.3, 0.4) is 0 Å². The summed E-state index contributed by atoms with van der Waals surface area (Å²) >= 11 is 0. The van der Waals surface area contributed by atoms with Crippen LogP contribution in [0, 0.1) is 5.92 Å². The van der Waals surface area contributed by atoms with E-state index < -0.39 is 0 Å². The van der Waals surface area contributed by atoms with E-state index in [2.05, 4.69) is 5.32 Å². The summed E-state index contributed by atoms with van der Waals surface area (Å²) in [7, 11) is 5.98. The van der Waals surface area contributed by atoms with Crippen molar-refractivity contribution in [3.05, 3.63) is 29.8 Å². The molecule has 1 heterocycles. The van der Waals surface area contributed by atoms with Crippen molar-refractivity contribution in [2.24, 2.45) is 5.92 Å². The third-order valence-corrected chi connectivity index (χ3v) is 4.00. The smallest absolute Gasteiger partial charge is 0.253 e. The van der Waals surface area contributed by atoms with Gasteiger partial charge in [-0.1, -0.05) is 6.07 Å². The number of benzene rings is 1. The van der Waals surface area contributed by atoms with Crippen LogP contribution in [0.2, 0.25) is 0 Å². The maximum absolute atomic E-state index is 12.5. The first-order valence-corrected chi connectivity index (χ1v) is 7.33. The molecule has 0 atom stereocenters. The Hall–Kier alpha value is -1.55. The third-order valence-electron chi connectivity index (χ3n) is 4.00. The highest BCUT2D eigenvalue weighted by Crippen LogP contribution is 2.20. The van der Waals surface area contributed by atoms with E-state index in [0.29, 0.717) is 5.92 Å². The summed E-state index contributed by atoms with van der Waals surface area (Å²) in [5.74, 6) is 0.869. The first-order valence-electron chi connectivity index (χ1n) is 7.33. The zero-order valence-electron chi connectivity index (χ0n) is 12.7. The van der Waals surface area contributed by atoms with Crippen molar-refractivity contribution in [3.8, 4) is 0 Å². The topological polar surface area (TPSA) is 35.6 Å². The van der Waals surface area contributed by atoms with E-state index in [0.717, 1.165) is 43.7 Å². The summed E-state index contributed by atoms with van der Waals surface area (Å²) in [6.07, 6.45) is 2.19. The van der Waals surface area contributed by atoms with Gasteiger partial charge in [0.2, 0.25) is 0 Å². The van der Waals surface area contributed by atoms with Gasteiger partial charge in [-0.15, -0.1) is 0 Å². The quantitative estimate of drug-likeness (QED) is 0.910. The molecular weight excluding hydrogens is 250 g/mol. The summed E-state index contributed by atoms with van der Waals surface area (Å²) in [4.78, 5) is 16.5. The maximum Gasteiger partial charge on any atom is 0.253 e. The van der Waals surface area contributed by atoms with Gasteiger partial charge < -0.3 is 15.1 Å². The van der Waals surface area contributed by atoms with Crippen LogP contribution in [0.4, 0.5) is 5.69 Å². The molecule has 1 saturated heterocycles. The molecule has 4 nitrogen and oxygen atoms in total. The van der Waals surface area contributed by atoms with E-state index >= 15 is 0 Å². The van der Waals surface area contributed by atoms with Crippen LogP contribution >= 0.6 is 0 Å². The Balaban J connectivity index is 2.00. The average Bonchev–Trinajstić information content (AvgIpc) is 2.48. The van der Waals surface area contributed by atoms with Crippen LogP contribution in [-0.2, 0) is 0 Å². The van der Waals surface area contributed by atoms with Gasteiger partial charge in [0.05, 0.1) is 0 Å².